The lowest BCUT2D eigenvalue weighted by Crippen LogP contribution is -2.33. The third-order valence-corrected chi connectivity index (χ3v) is 6.74. The fraction of sp³-hybridized carbons (Fsp3) is 0.524. The quantitative estimate of drug-likeness (QED) is 0.702. The maximum Gasteiger partial charge on any atom is 0.273 e. The second kappa shape index (κ2) is 9.75. The molecule has 4 rings (SSSR count). The van der Waals surface area contributed by atoms with Crippen LogP contribution in [0.2, 0.25) is 0 Å². The van der Waals surface area contributed by atoms with E-state index in [0.29, 0.717) is 23.6 Å². The molecule has 0 N–H and O–H groups in total. The van der Waals surface area contributed by atoms with E-state index in [9.17, 15) is 4.79 Å². The molecular weight excluding hydrogens is 427 g/mol. The molecule has 0 aliphatic carbocycles. The summed E-state index contributed by atoms with van der Waals surface area (Å²) in [5, 5.41) is 2.92. The Labute approximate surface area is 189 Å². The second-order valence-electron chi connectivity index (χ2n) is 8.24. The fourth-order valence-corrected chi connectivity index (χ4v) is 5.61. The van der Waals surface area contributed by atoms with Gasteiger partial charge in [0.05, 0.1) is 0 Å². The van der Waals surface area contributed by atoms with Gasteiger partial charge in [-0.1, -0.05) is 24.3 Å². The van der Waals surface area contributed by atoms with E-state index in [1.807, 2.05) is 24.4 Å². The summed E-state index contributed by atoms with van der Waals surface area (Å²) in [5.41, 5.74) is 3.36. The monoisotopic (exact) mass is 456 g/mol. The number of carbonyl (C=O) groups excluding carboxylic acids is 1. The summed E-state index contributed by atoms with van der Waals surface area (Å²) in [4.78, 5) is 24.2. The van der Waals surface area contributed by atoms with Gasteiger partial charge in [-0.3, -0.25) is 9.69 Å². The van der Waals surface area contributed by atoms with Crippen molar-refractivity contribution in [2.24, 2.45) is 11.8 Å². The van der Waals surface area contributed by atoms with Crippen LogP contribution in [0.25, 0.3) is 0 Å². The number of halogens is 2. The molecule has 2 aromatic rings. The van der Waals surface area contributed by atoms with Gasteiger partial charge in [-0.05, 0) is 45.1 Å². The van der Waals surface area contributed by atoms with Gasteiger partial charge in [-0.25, -0.2) is 4.98 Å². The Balaban J connectivity index is 0.00000150. The van der Waals surface area contributed by atoms with Crippen molar-refractivity contribution in [3.63, 3.8) is 0 Å². The van der Waals surface area contributed by atoms with Gasteiger partial charge in [-0.2, -0.15) is 0 Å². The largest absolute Gasteiger partial charge is 0.337 e. The van der Waals surface area contributed by atoms with Gasteiger partial charge in [0.15, 0.2) is 0 Å². The normalized spacial score (nSPS) is 23.6. The maximum absolute atomic E-state index is 13.0. The van der Waals surface area contributed by atoms with Gasteiger partial charge in [-0.15, -0.1) is 36.2 Å². The molecule has 3 heterocycles. The Morgan fingerprint density at radius 1 is 1.21 bits per heavy atom. The van der Waals surface area contributed by atoms with Gasteiger partial charge in [0.1, 0.15) is 10.7 Å². The van der Waals surface area contributed by atoms with Crippen LogP contribution in [0.1, 0.15) is 32.7 Å². The number of likely N-dealkylation sites (tertiary alicyclic amines) is 2. The number of carbonyl (C=O) groups is 1. The Morgan fingerprint density at radius 2 is 1.93 bits per heavy atom. The third-order valence-electron chi connectivity index (χ3n) is 5.91. The summed E-state index contributed by atoms with van der Waals surface area (Å²) in [6.07, 6.45) is 0. The van der Waals surface area contributed by atoms with E-state index in [4.69, 9.17) is 0 Å². The van der Waals surface area contributed by atoms with Crippen LogP contribution in [0.15, 0.2) is 29.6 Å². The van der Waals surface area contributed by atoms with Crippen molar-refractivity contribution in [2.45, 2.75) is 19.5 Å². The van der Waals surface area contributed by atoms with Crippen LogP contribution in [-0.2, 0) is 6.54 Å². The molecule has 1 aromatic carbocycles. The molecule has 0 bridgehead atoms. The van der Waals surface area contributed by atoms with E-state index in [0.717, 1.165) is 31.2 Å². The predicted molar refractivity (Wildman–Crippen MR) is 123 cm³/mol. The summed E-state index contributed by atoms with van der Waals surface area (Å²) in [7, 11) is 6.26. The highest BCUT2D eigenvalue weighted by atomic mass is 35.5. The lowest BCUT2D eigenvalue weighted by atomic mass is 9.88. The van der Waals surface area contributed by atoms with Crippen LogP contribution in [0.5, 0.6) is 0 Å². The van der Waals surface area contributed by atoms with E-state index < -0.39 is 0 Å². The standard InChI is InChI=1S/C21H28N4OS.2ClH/c1-14-7-5-6-8-16(14)20-17-11-25(10-15(17)9-24(20)4)21(26)18-13-27-19(22-18)12-23(2)3;;/h5-8,13,15,17,20H,9-12H2,1-4H3;2*1H/t15-,17+,20+;;/m0../s1. The van der Waals surface area contributed by atoms with Gasteiger partial charge >= 0.3 is 0 Å². The highest BCUT2D eigenvalue weighted by molar-refractivity contribution is 7.09. The number of aromatic nitrogens is 1. The zero-order valence-corrected chi connectivity index (χ0v) is 19.8. The van der Waals surface area contributed by atoms with Crippen molar-refractivity contribution in [3.8, 4) is 0 Å². The van der Waals surface area contributed by atoms with E-state index in [1.54, 1.807) is 11.3 Å². The molecule has 0 radical (unpaired) electrons. The maximum atomic E-state index is 13.0. The highest BCUT2D eigenvalue weighted by Crippen LogP contribution is 2.45. The lowest BCUT2D eigenvalue weighted by molar-refractivity contribution is 0.0762. The molecule has 5 nitrogen and oxygen atoms in total. The Hall–Kier alpha value is -1.18. The van der Waals surface area contributed by atoms with E-state index in [1.165, 1.54) is 11.1 Å². The van der Waals surface area contributed by atoms with E-state index >= 15 is 0 Å². The van der Waals surface area contributed by atoms with Crippen LogP contribution in [0, 0.1) is 18.8 Å². The molecule has 0 spiro atoms. The minimum absolute atomic E-state index is 0. The molecule has 160 valence electrons. The first-order valence-corrected chi connectivity index (χ1v) is 10.5. The van der Waals surface area contributed by atoms with Crippen molar-refractivity contribution in [2.75, 3.05) is 40.8 Å². The van der Waals surface area contributed by atoms with E-state index in [-0.39, 0.29) is 30.7 Å². The smallest absolute Gasteiger partial charge is 0.273 e. The molecule has 0 saturated carbocycles. The van der Waals surface area contributed by atoms with Gasteiger partial charge in [0, 0.05) is 43.5 Å². The minimum atomic E-state index is 0. The van der Waals surface area contributed by atoms with Crippen LogP contribution in [-0.4, -0.2) is 66.4 Å². The summed E-state index contributed by atoms with van der Waals surface area (Å²) in [6, 6.07) is 9.06. The van der Waals surface area contributed by atoms with Crippen molar-refractivity contribution < 1.29 is 4.79 Å². The number of hydrogen-bond acceptors (Lipinski definition) is 5. The van der Waals surface area contributed by atoms with Crippen molar-refractivity contribution in [3.05, 3.63) is 51.5 Å². The summed E-state index contributed by atoms with van der Waals surface area (Å²) in [6.45, 7) is 5.69. The summed E-state index contributed by atoms with van der Waals surface area (Å²) >= 11 is 1.58. The Bertz CT molecular complexity index is 844. The number of amides is 1. The third kappa shape index (κ3) is 4.78. The van der Waals surface area contributed by atoms with Crippen LogP contribution in [0.3, 0.4) is 0 Å². The van der Waals surface area contributed by atoms with Gasteiger partial charge < -0.3 is 9.80 Å². The average molecular weight is 457 g/mol. The molecule has 29 heavy (non-hydrogen) atoms. The zero-order valence-electron chi connectivity index (χ0n) is 17.4. The molecule has 0 unspecified atom stereocenters. The van der Waals surface area contributed by atoms with Crippen molar-refractivity contribution in [1.82, 2.24) is 19.7 Å². The topological polar surface area (TPSA) is 39.7 Å². The number of hydrogen-bond donors (Lipinski definition) is 0. The number of benzene rings is 1. The second-order valence-corrected chi connectivity index (χ2v) is 9.18. The average Bonchev–Trinajstić information content (AvgIpc) is 3.29. The first kappa shape index (κ1) is 24.1. The molecule has 2 saturated heterocycles. The molecule has 3 atom stereocenters. The lowest BCUT2D eigenvalue weighted by Gasteiger charge is -2.27. The SMILES string of the molecule is Cc1ccccc1[C@@H]1[C@@H]2CN(C(=O)c3csc(CN(C)C)n3)C[C@@H]2CN1C.Cl.Cl. The number of rotatable bonds is 4. The molecule has 2 aliphatic rings. The highest BCUT2D eigenvalue weighted by Gasteiger charge is 2.47. The zero-order chi connectivity index (χ0) is 19.1. The molecule has 2 aliphatic heterocycles. The van der Waals surface area contributed by atoms with Crippen LogP contribution < -0.4 is 0 Å². The molecule has 2 fully saturated rings. The van der Waals surface area contributed by atoms with Crippen molar-refractivity contribution >= 4 is 42.1 Å². The van der Waals surface area contributed by atoms with Gasteiger partial charge in [0.25, 0.3) is 5.91 Å². The van der Waals surface area contributed by atoms with Crippen LogP contribution in [0.4, 0.5) is 0 Å². The molecule has 1 aromatic heterocycles. The summed E-state index contributed by atoms with van der Waals surface area (Å²) < 4.78 is 0. The van der Waals surface area contributed by atoms with Crippen LogP contribution >= 0.6 is 36.2 Å². The minimum Gasteiger partial charge on any atom is -0.337 e. The Morgan fingerprint density at radius 3 is 2.62 bits per heavy atom. The molecule has 1 amide bonds. The molecular formula is C21H30Cl2N4OS. The predicted octanol–water partition coefficient (Wildman–Crippen LogP) is 3.73. The number of aryl methyl sites for hydroxylation is 1. The first-order valence-electron chi connectivity index (χ1n) is 9.58. The van der Waals surface area contributed by atoms with Crippen molar-refractivity contribution in [1.29, 1.82) is 0 Å². The molecule has 8 heteroatoms. The fourth-order valence-electron chi connectivity index (χ4n) is 4.72. The first-order chi connectivity index (χ1) is 12.9. The number of fused-ring (bicyclic) bond motifs is 1. The Kier molecular flexibility index (Phi) is 8.10. The summed E-state index contributed by atoms with van der Waals surface area (Å²) in [5.74, 6) is 1.14. The number of thiazole rings is 1. The van der Waals surface area contributed by atoms with E-state index in [2.05, 4.69) is 53.0 Å². The van der Waals surface area contributed by atoms with Gasteiger partial charge in [0.2, 0.25) is 0 Å². The number of nitrogens with zero attached hydrogens (tertiary/aromatic N) is 4.